The van der Waals surface area contributed by atoms with E-state index in [1.165, 1.54) is 83.5 Å². The molecule has 0 saturated carbocycles. The van der Waals surface area contributed by atoms with Crippen molar-refractivity contribution in [1.82, 2.24) is 0 Å². The molecule has 0 aliphatic heterocycles. The van der Waals surface area contributed by atoms with Crippen LogP contribution in [0.25, 0.3) is 0 Å². The topological polar surface area (TPSA) is 9.23 Å². The summed E-state index contributed by atoms with van der Waals surface area (Å²) >= 11 is 13.8. The molecule has 1 atom stereocenters. The minimum atomic E-state index is -0.577. The van der Waals surface area contributed by atoms with Gasteiger partial charge in [0.25, 0.3) is 0 Å². The summed E-state index contributed by atoms with van der Waals surface area (Å²) in [5.74, 6) is 0.385. The van der Waals surface area contributed by atoms with E-state index in [0.29, 0.717) is 5.92 Å². The Bertz CT molecular complexity index is 355. The molecule has 0 aliphatic carbocycles. The number of hydrogen-bond acceptors (Lipinski definition) is 1. The summed E-state index contributed by atoms with van der Waals surface area (Å²) in [7, 11) is 0. The lowest BCUT2D eigenvalue weighted by Gasteiger charge is -2.30. The van der Waals surface area contributed by atoms with E-state index in [1.807, 2.05) is 13.0 Å². The zero-order valence-corrected chi connectivity index (χ0v) is 21.3. The van der Waals surface area contributed by atoms with Gasteiger partial charge in [-0.1, -0.05) is 110 Å². The number of unbranched alkanes of at least 4 members (excludes halogenated alkanes) is 12. The van der Waals surface area contributed by atoms with Crippen LogP contribution in [0.5, 0.6) is 0 Å². The van der Waals surface area contributed by atoms with Gasteiger partial charge in [-0.2, -0.15) is 0 Å². The maximum atomic E-state index is 6.90. The smallest absolute Gasteiger partial charge is 0.121 e. The molecule has 0 rings (SSSR count). The molecule has 0 aromatic rings. The van der Waals surface area contributed by atoms with Gasteiger partial charge in [0, 0.05) is 0 Å². The monoisotopic (exact) mass is 448 g/mol. The molecule has 174 valence electrons. The molecule has 1 unspecified atom stereocenters. The van der Waals surface area contributed by atoms with E-state index in [2.05, 4.69) is 13.8 Å². The molecule has 0 aliphatic rings. The number of hydrogen-bond donors (Lipinski definition) is 0. The SMILES string of the molecule is CC=COCCCC(CCCCCCCC)C(Cl)(Cl)CCCCCCCCCC. The van der Waals surface area contributed by atoms with Crippen LogP contribution in [0.4, 0.5) is 0 Å². The molecular weight excluding hydrogens is 399 g/mol. The lowest BCUT2D eigenvalue weighted by molar-refractivity contribution is 0.225. The summed E-state index contributed by atoms with van der Waals surface area (Å²) in [5, 5.41) is 0. The van der Waals surface area contributed by atoms with Crippen molar-refractivity contribution in [2.75, 3.05) is 6.61 Å². The van der Waals surface area contributed by atoms with Crippen molar-refractivity contribution in [2.24, 2.45) is 5.92 Å². The van der Waals surface area contributed by atoms with Crippen LogP contribution in [0.3, 0.4) is 0 Å². The lowest BCUT2D eigenvalue weighted by Crippen LogP contribution is -2.26. The van der Waals surface area contributed by atoms with Crippen LogP contribution >= 0.6 is 23.2 Å². The Kier molecular flexibility index (Phi) is 21.4. The summed E-state index contributed by atoms with van der Waals surface area (Å²) < 4.78 is 4.93. The van der Waals surface area contributed by atoms with Gasteiger partial charge in [0.15, 0.2) is 0 Å². The predicted octanol–water partition coefficient (Wildman–Crippen LogP) is 10.4. The Morgan fingerprint density at radius 3 is 1.72 bits per heavy atom. The van der Waals surface area contributed by atoms with Crippen LogP contribution in [0.1, 0.15) is 136 Å². The van der Waals surface area contributed by atoms with Gasteiger partial charge in [-0.3, -0.25) is 0 Å². The number of alkyl halides is 2. The summed E-state index contributed by atoms with van der Waals surface area (Å²) in [6, 6.07) is 0. The van der Waals surface area contributed by atoms with E-state index in [4.69, 9.17) is 27.9 Å². The number of ether oxygens (including phenoxy) is 1. The maximum Gasteiger partial charge on any atom is 0.121 e. The standard InChI is InChI=1S/C26H50Cl2O/c1-4-7-9-11-13-14-16-18-22-26(27,28)25(21-19-24-29-23-6-3)20-17-15-12-10-8-5-2/h6,23,25H,4-5,7-22,24H2,1-3H3. The van der Waals surface area contributed by atoms with Crippen molar-refractivity contribution in [2.45, 2.75) is 141 Å². The second kappa shape index (κ2) is 21.4. The molecule has 0 aromatic carbocycles. The summed E-state index contributed by atoms with van der Waals surface area (Å²) in [6.07, 6.45) is 26.4. The molecule has 0 amide bonds. The largest absolute Gasteiger partial charge is 0.502 e. The van der Waals surface area contributed by atoms with Gasteiger partial charge < -0.3 is 4.74 Å². The van der Waals surface area contributed by atoms with Gasteiger partial charge in [0.05, 0.1) is 12.9 Å². The first kappa shape index (κ1) is 29.1. The minimum absolute atomic E-state index is 0.385. The molecule has 0 saturated heterocycles. The van der Waals surface area contributed by atoms with Crippen LogP contribution < -0.4 is 0 Å². The van der Waals surface area contributed by atoms with Crippen molar-refractivity contribution in [3.63, 3.8) is 0 Å². The van der Waals surface area contributed by atoms with Crippen molar-refractivity contribution in [3.05, 3.63) is 12.3 Å². The van der Waals surface area contributed by atoms with E-state index in [-0.39, 0.29) is 0 Å². The second-order valence-electron chi connectivity index (χ2n) is 8.72. The first-order chi connectivity index (χ1) is 14.1. The highest BCUT2D eigenvalue weighted by Gasteiger charge is 2.33. The Labute approximate surface area is 193 Å². The van der Waals surface area contributed by atoms with Gasteiger partial charge in [-0.25, -0.2) is 0 Å². The highest BCUT2D eigenvalue weighted by Crippen LogP contribution is 2.41. The number of halogens is 2. The molecule has 0 radical (unpaired) electrons. The first-order valence-corrected chi connectivity index (χ1v) is 13.4. The van der Waals surface area contributed by atoms with E-state index in [0.717, 1.165) is 38.7 Å². The third kappa shape index (κ3) is 18.6. The minimum Gasteiger partial charge on any atom is -0.502 e. The van der Waals surface area contributed by atoms with Crippen molar-refractivity contribution >= 4 is 23.2 Å². The van der Waals surface area contributed by atoms with Gasteiger partial charge in [0.1, 0.15) is 4.33 Å². The second-order valence-corrected chi connectivity index (χ2v) is 10.3. The van der Waals surface area contributed by atoms with E-state index >= 15 is 0 Å². The third-order valence-corrected chi connectivity index (χ3v) is 6.91. The molecule has 0 fully saturated rings. The Morgan fingerprint density at radius 1 is 0.690 bits per heavy atom. The molecular formula is C26H50Cl2O. The van der Waals surface area contributed by atoms with Gasteiger partial charge in [-0.15, -0.1) is 23.2 Å². The fraction of sp³-hybridized carbons (Fsp3) is 0.923. The average molecular weight is 450 g/mol. The van der Waals surface area contributed by atoms with Gasteiger partial charge in [0.2, 0.25) is 0 Å². The van der Waals surface area contributed by atoms with Crippen LogP contribution in [-0.4, -0.2) is 10.9 Å². The van der Waals surface area contributed by atoms with E-state index in [1.54, 1.807) is 6.26 Å². The Hall–Kier alpha value is 0.120. The van der Waals surface area contributed by atoms with E-state index < -0.39 is 4.33 Å². The highest BCUT2D eigenvalue weighted by atomic mass is 35.5. The zero-order chi connectivity index (χ0) is 21.6. The lowest BCUT2D eigenvalue weighted by atomic mass is 9.89. The van der Waals surface area contributed by atoms with Crippen molar-refractivity contribution < 1.29 is 4.74 Å². The normalized spacial score (nSPS) is 13.3. The predicted molar refractivity (Wildman–Crippen MR) is 133 cm³/mol. The van der Waals surface area contributed by atoms with Crippen molar-refractivity contribution in [3.8, 4) is 0 Å². The van der Waals surface area contributed by atoms with Crippen LogP contribution in [0, 0.1) is 5.92 Å². The van der Waals surface area contributed by atoms with Crippen LogP contribution in [0.2, 0.25) is 0 Å². The van der Waals surface area contributed by atoms with Gasteiger partial charge in [-0.05, 0) is 38.5 Å². The highest BCUT2D eigenvalue weighted by molar-refractivity contribution is 6.48. The number of allylic oxidation sites excluding steroid dienone is 1. The van der Waals surface area contributed by atoms with E-state index in [9.17, 15) is 0 Å². The maximum absolute atomic E-state index is 6.90. The molecule has 3 heteroatoms. The zero-order valence-electron chi connectivity index (χ0n) is 19.8. The average Bonchev–Trinajstić information content (AvgIpc) is 2.70. The molecule has 0 bridgehead atoms. The Morgan fingerprint density at radius 2 is 1.17 bits per heavy atom. The molecule has 0 heterocycles. The molecule has 1 nitrogen and oxygen atoms in total. The molecule has 0 aromatic heterocycles. The first-order valence-electron chi connectivity index (χ1n) is 12.7. The third-order valence-electron chi connectivity index (χ3n) is 5.91. The van der Waals surface area contributed by atoms with Gasteiger partial charge >= 0.3 is 0 Å². The quantitative estimate of drug-likeness (QED) is 0.0907. The molecule has 0 spiro atoms. The van der Waals surface area contributed by atoms with Crippen LogP contribution in [-0.2, 0) is 4.74 Å². The summed E-state index contributed by atoms with van der Waals surface area (Å²) in [5.41, 5.74) is 0. The van der Waals surface area contributed by atoms with Crippen LogP contribution in [0.15, 0.2) is 12.3 Å². The summed E-state index contributed by atoms with van der Waals surface area (Å²) in [4.78, 5) is 0. The molecule has 29 heavy (non-hydrogen) atoms. The summed E-state index contributed by atoms with van der Waals surface area (Å²) in [6.45, 7) is 7.29. The molecule has 0 N–H and O–H groups in total. The van der Waals surface area contributed by atoms with Crippen molar-refractivity contribution in [1.29, 1.82) is 0 Å². The Balaban J connectivity index is 4.22. The number of rotatable bonds is 22. The fourth-order valence-corrected chi connectivity index (χ4v) is 4.72. The fourth-order valence-electron chi connectivity index (χ4n) is 4.01.